The second kappa shape index (κ2) is 5.77. The first-order chi connectivity index (χ1) is 6.02. The summed E-state index contributed by atoms with van der Waals surface area (Å²) >= 11 is 0. The molecule has 5 nitrogen and oxygen atoms in total. The number of carbonyl (C=O) groups is 1. The van der Waals surface area contributed by atoms with E-state index < -0.39 is 11.7 Å². The van der Waals surface area contributed by atoms with Crippen LogP contribution in [0.2, 0.25) is 0 Å². The highest BCUT2D eigenvalue weighted by atomic mass is 16.5. The molecule has 0 heterocycles. The Morgan fingerprint density at radius 1 is 1.54 bits per heavy atom. The maximum absolute atomic E-state index is 10.7. The van der Waals surface area contributed by atoms with Gasteiger partial charge in [0.1, 0.15) is 0 Å². The summed E-state index contributed by atoms with van der Waals surface area (Å²) in [5.74, 6) is 0. The fourth-order valence-corrected chi connectivity index (χ4v) is 0.745. The first-order valence-electron chi connectivity index (χ1n) is 4.05. The Morgan fingerprint density at radius 2 is 2.15 bits per heavy atom. The third kappa shape index (κ3) is 6.36. The second-order valence-electron chi connectivity index (χ2n) is 3.08. The maximum atomic E-state index is 10.7. The summed E-state index contributed by atoms with van der Waals surface area (Å²) < 4.78 is 9.16. The Bertz CT molecular complexity index is 158. The van der Waals surface area contributed by atoms with E-state index in [0.29, 0.717) is 13.0 Å². The Hall–Kier alpha value is -0.810. The lowest BCUT2D eigenvalue weighted by Gasteiger charge is -2.22. The molecule has 5 heteroatoms. The summed E-state index contributed by atoms with van der Waals surface area (Å²) in [7, 11) is 2.84. The smallest absolute Gasteiger partial charge is 0.406 e. The predicted octanol–water partition coefficient (Wildman–Crippen LogP) is 0.130. The molecule has 13 heavy (non-hydrogen) atoms. The van der Waals surface area contributed by atoms with Crippen molar-refractivity contribution in [2.24, 2.45) is 0 Å². The van der Waals surface area contributed by atoms with Crippen LogP contribution in [0.15, 0.2) is 0 Å². The quantitative estimate of drug-likeness (QED) is 0.648. The van der Waals surface area contributed by atoms with Crippen LogP contribution in [0, 0.1) is 0 Å². The third-order valence-electron chi connectivity index (χ3n) is 1.64. The van der Waals surface area contributed by atoms with Gasteiger partial charge in [-0.1, -0.05) is 0 Å². The van der Waals surface area contributed by atoms with E-state index in [1.807, 2.05) is 0 Å². The van der Waals surface area contributed by atoms with Crippen molar-refractivity contribution in [3.8, 4) is 0 Å². The summed E-state index contributed by atoms with van der Waals surface area (Å²) in [5, 5.41) is 12.1. The summed E-state index contributed by atoms with van der Waals surface area (Å²) in [6, 6.07) is 0. The van der Waals surface area contributed by atoms with Gasteiger partial charge in [-0.3, -0.25) is 0 Å². The van der Waals surface area contributed by atoms with Crippen LogP contribution in [0.3, 0.4) is 0 Å². The molecule has 2 N–H and O–H groups in total. The number of methoxy groups -OCH3 is 2. The van der Waals surface area contributed by atoms with Gasteiger partial charge in [0.15, 0.2) is 0 Å². The summed E-state index contributed by atoms with van der Waals surface area (Å²) in [4.78, 5) is 10.7. The fourth-order valence-electron chi connectivity index (χ4n) is 0.745. The van der Waals surface area contributed by atoms with Gasteiger partial charge in [0, 0.05) is 26.7 Å². The Labute approximate surface area is 78.0 Å². The van der Waals surface area contributed by atoms with Crippen LogP contribution < -0.4 is 5.32 Å². The van der Waals surface area contributed by atoms with E-state index in [0.717, 1.165) is 0 Å². The van der Waals surface area contributed by atoms with Gasteiger partial charge in [0.05, 0.1) is 12.7 Å². The van der Waals surface area contributed by atoms with Gasteiger partial charge in [-0.15, -0.1) is 0 Å². The molecule has 0 aromatic heterocycles. The molecule has 0 aromatic rings. The third-order valence-corrected chi connectivity index (χ3v) is 1.64. The topological polar surface area (TPSA) is 67.8 Å². The van der Waals surface area contributed by atoms with Crippen molar-refractivity contribution < 1.29 is 19.4 Å². The summed E-state index contributed by atoms with van der Waals surface area (Å²) in [5.41, 5.74) is -0.954. The molecular weight excluding hydrogens is 174 g/mol. The van der Waals surface area contributed by atoms with Gasteiger partial charge in [-0.2, -0.15) is 0 Å². The number of aliphatic hydroxyl groups is 1. The van der Waals surface area contributed by atoms with Crippen LogP contribution >= 0.6 is 0 Å². The monoisotopic (exact) mass is 191 g/mol. The minimum atomic E-state index is -0.954. The maximum Gasteiger partial charge on any atom is 0.406 e. The average molecular weight is 191 g/mol. The molecule has 0 radical (unpaired) electrons. The molecule has 0 saturated heterocycles. The highest BCUT2D eigenvalue weighted by molar-refractivity contribution is 5.66. The molecule has 0 aliphatic carbocycles. The second-order valence-corrected chi connectivity index (χ2v) is 3.08. The zero-order valence-corrected chi connectivity index (χ0v) is 8.29. The number of hydrogen-bond donors (Lipinski definition) is 2. The number of alkyl carbamates (subject to hydrolysis) is 1. The molecule has 0 fully saturated rings. The molecule has 0 spiro atoms. The van der Waals surface area contributed by atoms with E-state index in [1.54, 1.807) is 14.0 Å². The number of amides is 1. The fraction of sp³-hybridized carbons (Fsp3) is 0.875. The number of rotatable bonds is 5. The van der Waals surface area contributed by atoms with Crippen molar-refractivity contribution >= 4 is 6.09 Å². The van der Waals surface area contributed by atoms with Gasteiger partial charge in [-0.25, -0.2) is 4.79 Å². The van der Waals surface area contributed by atoms with Crippen LogP contribution in [0.5, 0.6) is 0 Å². The van der Waals surface area contributed by atoms with E-state index in [-0.39, 0.29) is 6.54 Å². The van der Waals surface area contributed by atoms with Crippen molar-refractivity contribution in [2.45, 2.75) is 18.9 Å². The van der Waals surface area contributed by atoms with E-state index in [2.05, 4.69) is 10.1 Å². The van der Waals surface area contributed by atoms with Crippen LogP contribution in [0.4, 0.5) is 4.79 Å². The first-order valence-corrected chi connectivity index (χ1v) is 4.05. The van der Waals surface area contributed by atoms with E-state index in [1.165, 1.54) is 7.11 Å². The molecule has 0 rings (SSSR count). The molecular formula is C8H17NO4. The molecule has 0 bridgehead atoms. The minimum absolute atomic E-state index is 0.156. The number of ether oxygens (including phenoxy) is 2. The van der Waals surface area contributed by atoms with Crippen molar-refractivity contribution in [1.82, 2.24) is 5.32 Å². The normalized spacial score (nSPS) is 14.8. The first kappa shape index (κ1) is 12.2. The standard InChI is InChI=1S/C8H17NO4/c1-8(11,4-5-12-2)6-9-7(10)13-3/h11H,4-6H2,1-3H3,(H,9,10). The van der Waals surface area contributed by atoms with Crippen molar-refractivity contribution in [3.05, 3.63) is 0 Å². The van der Waals surface area contributed by atoms with Crippen LogP contribution in [0.1, 0.15) is 13.3 Å². The molecule has 0 saturated carbocycles. The predicted molar refractivity (Wildman–Crippen MR) is 47.5 cm³/mol. The van der Waals surface area contributed by atoms with Gasteiger partial charge < -0.3 is 19.9 Å². The lowest BCUT2D eigenvalue weighted by Crippen LogP contribution is -2.41. The van der Waals surface area contributed by atoms with E-state index >= 15 is 0 Å². The Morgan fingerprint density at radius 3 is 2.62 bits per heavy atom. The molecule has 78 valence electrons. The van der Waals surface area contributed by atoms with Gasteiger partial charge in [0.2, 0.25) is 0 Å². The summed E-state index contributed by atoms with van der Waals surface area (Å²) in [6.07, 6.45) is -0.0780. The van der Waals surface area contributed by atoms with Crippen LogP contribution in [-0.4, -0.2) is 44.2 Å². The highest BCUT2D eigenvalue weighted by Crippen LogP contribution is 2.07. The van der Waals surface area contributed by atoms with Gasteiger partial charge in [0.25, 0.3) is 0 Å². The Kier molecular flexibility index (Phi) is 5.41. The number of carbonyl (C=O) groups excluding carboxylic acids is 1. The summed E-state index contributed by atoms with van der Waals surface area (Å²) in [6.45, 7) is 2.24. The van der Waals surface area contributed by atoms with Crippen molar-refractivity contribution in [2.75, 3.05) is 27.4 Å². The zero-order chi connectivity index (χ0) is 10.3. The van der Waals surface area contributed by atoms with Crippen molar-refractivity contribution in [1.29, 1.82) is 0 Å². The SMILES string of the molecule is COCCC(C)(O)CNC(=O)OC. The van der Waals surface area contributed by atoms with E-state index in [4.69, 9.17) is 4.74 Å². The number of hydrogen-bond acceptors (Lipinski definition) is 4. The van der Waals surface area contributed by atoms with Gasteiger partial charge in [-0.05, 0) is 6.92 Å². The largest absolute Gasteiger partial charge is 0.453 e. The van der Waals surface area contributed by atoms with Crippen molar-refractivity contribution in [3.63, 3.8) is 0 Å². The highest BCUT2D eigenvalue weighted by Gasteiger charge is 2.20. The molecule has 0 aliphatic heterocycles. The average Bonchev–Trinajstić information content (AvgIpc) is 2.11. The van der Waals surface area contributed by atoms with Gasteiger partial charge >= 0.3 is 6.09 Å². The van der Waals surface area contributed by atoms with E-state index in [9.17, 15) is 9.90 Å². The molecule has 1 atom stereocenters. The molecule has 1 unspecified atom stereocenters. The molecule has 0 aliphatic rings. The molecule has 1 amide bonds. The lowest BCUT2D eigenvalue weighted by molar-refractivity contribution is 0.0247. The minimum Gasteiger partial charge on any atom is -0.453 e. The Balaban J connectivity index is 3.67. The number of nitrogens with one attached hydrogen (secondary N) is 1. The molecule has 0 aromatic carbocycles. The zero-order valence-electron chi connectivity index (χ0n) is 8.29. The van der Waals surface area contributed by atoms with Crippen LogP contribution in [-0.2, 0) is 9.47 Å². The lowest BCUT2D eigenvalue weighted by atomic mass is 10.0. The van der Waals surface area contributed by atoms with Crippen LogP contribution in [0.25, 0.3) is 0 Å².